The highest BCUT2D eigenvalue weighted by Crippen LogP contribution is 2.32. The zero-order valence-electron chi connectivity index (χ0n) is 10.8. The van der Waals surface area contributed by atoms with Gasteiger partial charge in [-0.15, -0.1) is 0 Å². The number of aliphatic hydroxyl groups excluding tert-OH is 3. The summed E-state index contributed by atoms with van der Waals surface area (Å²) in [5.74, 6) is 0. The van der Waals surface area contributed by atoms with Crippen LogP contribution in [0, 0.1) is 0 Å². The van der Waals surface area contributed by atoms with E-state index in [1.54, 1.807) is 21.3 Å². The Morgan fingerprint density at radius 3 is 2.81 bits per heavy atom. The zero-order chi connectivity index (χ0) is 14.6. The van der Waals surface area contributed by atoms with Gasteiger partial charge in [-0.25, -0.2) is 14.5 Å². The number of aliphatic hydroxyl groups is 3. The zero-order valence-corrected chi connectivity index (χ0v) is 10.8. The minimum Gasteiger partial charge on any atom is -0.394 e. The van der Waals surface area contributed by atoms with E-state index in [9.17, 15) is 10.2 Å². The lowest BCUT2D eigenvalue weighted by atomic mass is 10.1. The Bertz CT molecular complexity index is 799. The summed E-state index contributed by atoms with van der Waals surface area (Å²) in [5.41, 5.74) is 1.20. The van der Waals surface area contributed by atoms with Crippen molar-refractivity contribution in [2.75, 3.05) is 6.61 Å². The van der Waals surface area contributed by atoms with Crippen LogP contribution in [-0.2, 0) is 4.74 Å². The monoisotopic (exact) mass is 291 g/mol. The number of hydrogen-bond donors (Lipinski definition) is 3. The molecule has 1 saturated heterocycles. The summed E-state index contributed by atoms with van der Waals surface area (Å²) in [6.45, 7) is -0.365. The van der Waals surface area contributed by atoms with Crippen LogP contribution in [0.5, 0.6) is 0 Å². The summed E-state index contributed by atoms with van der Waals surface area (Å²) in [6, 6.07) is 1.79. The predicted molar refractivity (Wildman–Crippen MR) is 69.3 cm³/mol. The van der Waals surface area contributed by atoms with Crippen molar-refractivity contribution in [3.05, 3.63) is 24.9 Å². The Balaban J connectivity index is 1.84. The van der Waals surface area contributed by atoms with E-state index in [0.717, 1.165) is 5.39 Å². The fraction of sp³-hybridized carbons (Fsp3) is 0.417. The number of aromatic nitrogens is 5. The SMILES string of the molecule is OC[C@@H]1O[C@@H](n2ccc3c2ncn2ncnc32)[C@@H](O)[C@@H]1O. The third-order valence-electron chi connectivity index (χ3n) is 3.78. The highest BCUT2D eigenvalue weighted by atomic mass is 16.6. The standard InChI is InChI=1S/C12H13N5O4/c18-3-7-8(19)9(20)12(21-7)16-2-1-6-10(16)14-5-17-11(6)13-4-15-17/h1-2,4-5,7-9,12,18-20H,3H2/t7-,8+,9-,12+/m0/s1. The Morgan fingerprint density at radius 1 is 1.19 bits per heavy atom. The highest BCUT2D eigenvalue weighted by molar-refractivity contribution is 5.89. The molecule has 4 rings (SSSR count). The first kappa shape index (κ1) is 12.7. The summed E-state index contributed by atoms with van der Waals surface area (Å²) < 4.78 is 8.68. The van der Waals surface area contributed by atoms with Crippen LogP contribution in [-0.4, -0.2) is 64.4 Å². The van der Waals surface area contributed by atoms with Gasteiger partial charge in [-0.1, -0.05) is 0 Å². The molecule has 21 heavy (non-hydrogen) atoms. The second kappa shape index (κ2) is 4.46. The molecule has 3 aromatic rings. The number of rotatable bonds is 2. The van der Waals surface area contributed by atoms with Crippen LogP contribution in [0.2, 0.25) is 0 Å². The lowest BCUT2D eigenvalue weighted by Gasteiger charge is -2.17. The van der Waals surface area contributed by atoms with Crippen LogP contribution < -0.4 is 0 Å². The average Bonchev–Trinajstić information content (AvgIpc) is 3.17. The van der Waals surface area contributed by atoms with Gasteiger partial charge < -0.3 is 24.6 Å². The third-order valence-corrected chi connectivity index (χ3v) is 3.78. The Morgan fingerprint density at radius 2 is 2.05 bits per heavy atom. The molecule has 0 aliphatic carbocycles. The van der Waals surface area contributed by atoms with E-state index in [-0.39, 0.29) is 6.61 Å². The molecule has 4 heterocycles. The molecular weight excluding hydrogens is 278 g/mol. The average molecular weight is 291 g/mol. The molecule has 9 heteroatoms. The van der Waals surface area contributed by atoms with Crippen molar-refractivity contribution in [3.63, 3.8) is 0 Å². The molecule has 3 N–H and O–H groups in total. The molecule has 0 amide bonds. The molecule has 0 aromatic carbocycles. The minimum absolute atomic E-state index is 0.365. The van der Waals surface area contributed by atoms with Gasteiger partial charge in [-0.05, 0) is 6.07 Å². The molecule has 4 atom stereocenters. The second-order valence-electron chi connectivity index (χ2n) is 4.96. The molecule has 9 nitrogen and oxygen atoms in total. The van der Waals surface area contributed by atoms with Gasteiger partial charge in [-0.2, -0.15) is 5.10 Å². The van der Waals surface area contributed by atoms with Crippen molar-refractivity contribution < 1.29 is 20.1 Å². The number of ether oxygens (including phenoxy) is 1. The summed E-state index contributed by atoms with van der Waals surface area (Å²) in [7, 11) is 0. The minimum atomic E-state index is -1.14. The first-order valence-corrected chi connectivity index (χ1v) is 6.48. The Kier molecular flexibility index (Phi) is 2.69. The van der Waals surface area contributed by atoms with E-state index in [2.05, 4.69) is 15.1 Å². The van der Waals surface area contributed by atoms with Gasteiger partial charge >= 0.3 is 0 Å². The Hall–Kier alpha value is -2.07. The van der Waals surface area contributed by atoms with Crippen LogP contribution in [0.4, 0.5) is 0 Å². The van der Waals surface area contributed by atoms with Crippen LogP contribution in [0.3, 0.4) is 0 Å². The van der Waals surface area contributed by atoms with E-state index < -0.39 is 24.5 Å². The topological polar surface area (TPSA) is 118 Å². The van der Waals surface area contributed by atoms with Crippen molar-refractivity contribution >= 4 is 16.7 Å². The maximum absolute atomic E-state index is 10.1. The van der Waals surface area contributed by atoms with E-state index in [4.69, 9.17) is 9.84 Å². The van der Waals surface area contributed by atoms with Gasteiger partial charge in [0.25, 0.3) is 0 Å². The van der Waals surface area contributed by atoms with Gasteiger partial charge in [0, 0.05) is 6.20 Å². The van der Waals surface area contributed by atoms with E-state index in [1.165, 1.54) is 12.7 Å². The normalized spacial score (nSPS) is 29.7. The lowest BCUT2D eigenvalue weighted by molar-refractivity contribution is -0.0508. The molecule has 0 unspecified atom stereocenters. The second-order valence-corrected chi connectivity index (χ2v) is 4.96. The number of fused-ring (bicyclic) bond motifs is 3. The molecule has 0 spiro atoms. The molecule has 1 aliphatic heterocycles. The van der Waals surface area contributed by atoms with Crippen molar-refractivity contribution in [3.8, 4) is 0 Å². The van der Waals surface area contributed by atoms with Crippen LogP contribution in [0.25, 0.3) is 16.7 Å². The maximum Gasteiger partial charge on any atom is 0.168 e. The number of nitrogens with zero attached hydrogens (tertiary/aromatic N) is 5. The number of hydrogen-bond acceptors (Lipinski definition) is 7. The summed E-state index contributed by atoms with van der Waals surface area (Å²) in [4.78, 5) is 8.44. The molecule has 0 radical (unpaired) electrons. The fourth-order valence-electron chi connectivity index (χ4n) is 2.70. The molecule has 1 aliphatic rings. The predicted octanol–water partition coefficient (Wildman–Crippen LogP) is -1.31. The van der Waals surface area contributed by atoms with E-state index >= 15 is 0 Å². The Labute approximate surface area is 118 Å². The van der Waals surface area contributed by atoms with E-state index in [0.29, 0.717) is 11.3 Å². The maximum atomic E-state index is 10.1. The first-order valence-electron chi connectivity index (χ1n) is 6.48. The quantitative estimate of drug-likeness (QED) is 0.536. The van der Waals surface area contributed by atoms with Gasteiger partial charge in [-0.3, -0.25) is 0 Å². The van der Waals surface area contributed by atoms with Gasteiger partial charge in [0.2, 0.25) is 0 Å². The van der Waals surface area contributed by atoms with Crippen molar-refractivity contribution in [2.45, 2.75) is 24.5 Å². The van der Waals surface area contributed by atoms with Gasteiger partial charge in [0.1, 0.15) is 36.6 Å². The molecule has 3 aromatic heterocycles. The van der Waals surface area contributed by atoms with Gasteiger partial charge in [0.15, 0.2) is 11.9 Å². The molecule has 110 valence electrons. The van der Waals surface area contributed by atoms with Crippen molar-refractivity contribution in [1.29, 1.82) is 0 Å². The molecule has 0 saturated carbocycles. The summed E-state index contributed by atoms with van der Waals surface area (Å²) >= 11 is 0. The fourth-order valence-corrected chi connectivity index (χ4v) is 2.70. The van der Waals surface area contributed by atoms with Crippen LogP contribution in [0.15, 0.2) is 24.9 Å². The largest absolute Gasteiger partial charge is 0.394 e. The van der Waals surface area contributed by atoms with E-state index in [1.807, 2.05) is 0 Å². The molecule has 0 bridgehead atoms. The highest BCUT2D eigenvalue weighted by Gasteiger charge is 2.43. The third kappa shape index (κ3) is 1.69. The smallest absolute Gasteiger partial charge is 0.168 e. The van der Waals surface area contributed by atoms with Crippen LogP contribution in [0.1, 0.15) is 6.23 Å². The first-order chi connectivity index (χ1) is 10.2. The lowest BCUT2D eigenvalue weighted by Crippen LogP contribution is -2.33. The molecular formula is C12H13N5O4. The molecule has 1 fully saturated rings. The van der Waals surface area contributed by atoms with Crippen LogP contribution >= 0.6 is 0 Å². The summed E-state index contributed by atoms with van der Waals surface area (Å²) in [6.07, 6.45) is 0.727. The summed E-state index contributed by atoms with van der Waals surface area (Å²) in [5, 5.41) is 33.9. The van der Waals surface area contributed by atoms with Crippen molar-refractivity contribution in [2.24, 2.45) is 0 Å². The van der Waals surface area contributed by atoms with Gasteiger partial charge in [0.05, 0.1) is 12.0 Å². The van der Waals surface area contributed by atoms with Crippen molar-refractivity contribution in [1.82, 2.24) is 24.1 Å².